The second kappa shape index (κ2) is 4.59. The zero-order chi connectivity index (χ0) is 15.1. The van der Waals surface area contributed by atoms with E-state index in [4.69, 9.17) is 5.11 Å². The van der Waals surface area contributed by atoms with Crippen LogP contribution in [0.25, 0.3) is 0 Å². The third-order valence-corrected chi connectivity index (χ3v) is 3.36. The highest BCUT2D eigenvalue weighted by Crippen LogP contribution is 2.25. The van der Waals surface area contributed by atoms with E-state index in [0.29, 0.717) is 11.5 Å². The number of anilines is 1. The summed E-state index contributed by atoms with van der Waals surface area (Å²) in [6, 6.07) is 2.93. The molecular weight excluding hydrogens is 262 g/mol. The quantitative estimate of drug-likeness (QED) is 0.756. The Balaban J connectivity index is 2.44. The number of carboxylic acid groups (broad SMARTS) is 1. The summed E-state index contributed by atoms with van der Waals surface area (Å²) in [5.74, 6) is -1.47. The summed E-state index contributed by atoms with van der Waals surface area (Å²) in [4.78, 5) is 40.1. The first-order valence-corrected chi connectivity index (χ1v) is 6.06. The number of nitrogens with one attached hydrogen (secondary N) is 1. The number of rotatable bonds is 2. The van der Waals surface area contributed by atoms with E-state index in [1.807, 2.05) is 0 Å². The average molecular weight is 277 g/mol. The van der Waals surface area contributed by atoms with Gasteiger partial charge in [-0.3, -0.25) is 14.9 Å². The molecule has 1 aliphatic rings. The van der Waals surface area contributed by atoms with Gasteiger partial charge in [-0.25, -0.2) is 9.78 Å². The summed E-state index contributed by atoms with van der Waals surface area (Å²) in [5.41, 5.74) is -0.499. The molecule has 0 aliphatic carbocycles. The Morgan fingerprint density at radius 3 is 2.60 bits per heavy atom. The zero-order valence-corrected chi connectivity index (χ0v) is 11.4. The van der Waals surface area contributed by atoms with Gasteiger partial charge in [-0.05, 0) is 32.9 Å². The lowest BCUT2D eigenvalue weighted by atomic mass is 9.98. The molecule has 0 aromatic carbocycles. The molecule has 0 atom stereocenters. The molecule has 0 bridgehead atoms. The van der Waals surface area contributed by atoms with Gasteiger partial charge in [-0.15, -0.1) is 0 Å². The maximum absolute atomic E-state index is 11.9. The average Bonchev–Trinajstić information content (AvgIpc) is 2.33. The van der Waals surface area contributed by atoms with Crippen molar-refractivity contribution in [2.75, 3.05) is 11.4 Å². The van der Waals surface area contributed by atoms with E-state index in [2.05, 4.69) is 10.3 Å². The van der Waals surface area contributed by atoms with Crippen molar-refractivity contribution in [3.8, 4) is 0 Å². The first-order chi connectivity index (χ1) is 9.23. The lowest BCUT2D eigenvalue weighted by molar-refractivity contribution is -0.135. The zero-order valence-electron chi connectivity index (χ0n) is 11.4. The molecule has 1 fully saturated rings. The minimum absolute atomic E-state index is 0.00238. The van der Waals surface area contributed by atoms with Crippen molar-refractivity contribution in [2.24, 2.45) is 0 Å². The maximum Gasteiger partial charge on any atom is 0.337 e. The second-order valence-corrected chi connectivity index (χ2v) is 5.13. The molecule has 1 aromatic rings. The van der Waals surface area contributed by atoms with Gasteiger partial charge in [0.25, 0.3) is 5.91 Å². The number of amides is 2. The molecule has 106 valence electrons. The molecule has 7 heteroatoms. The van der Waals surface area contributed by atoms with Crippen LogP contribution in [0.15, 0.2) is 12.1 Å². The van der Waals surface area contributed by atoms with Crippen molar-refractivity contribution in [1.29, 1.82) is 0 Å². The minimum atomic E-state index is -1.06. The number of hydrogen-bond acceptors (Lipinski definition) is 5. The Morgan fingerprint density at radius 1 is 1.40 bits per heavy atom. The summed E-state index contributed by atoms with van der Waals surface area (Å²) < 4.78 is 0. The van der Waals surface area contributed by atoms with Crippen molar-refractivity contribution in [2.45, 2.75) is 26.3 Å². The van der Waals surface area contributed by atoms with E-state index in [1.54, 1.807) is 25.7 Å². The van der Waals surface area contributed by atoms with Crippen molar-refractivity contribution in [3.63, 3.8) is 0 Å². The van der Waals surface area contributed by atoms with Gasteiger partial charge in [0.05, 0.1) is 17.8 Å². The molecule has 0 unspecified atom stereocenters. The smallest absolute Gasteiger partial charge is 0.337 e. The van der Waals surface area contributed by atoms with Crippen LogP contribution < -0.4 is 10.2 Å². The maximum atomic E-state index is 11.9. The van der Waals surface area contributed by atoms with E-state index in [9.17, 15) is 14.4 Å². The number of carbonyl (C=O) groups is 3. The van der Waals surface area contributed by atoms with Gasteiger partial charge in [0, 0.05) is 0 Å². The van der Waals surface area contributed by atoms with Crippen LogP contribution in [0, 0.1) is 6.92 Å². The number of nitrogens with zero attached hydrogens (tertiary/aromatic N) is 2. The van der Waals surface area contributed by atoms with Gasteiger partial charge in [-0.1, -0.05) is 0 Å². The van der Waals surface area contributed by atoms with Crippen molar-refractivity contribution in [1.82, 2.24) is 10.3 Å². The molecule has 2 rings (SSSR count). The fourth-order valence-corrected chi connectivity index (χ4v) is 2.07. The first-order valence-electron chi connectivity index (χ1n) is 6.06. The second-order valence-electron chi connectivity index (χ2n) is 5.13. The lowest BCUT2D eigenvalue weighted by Gasteiger charge is -2.41. The fourth-order valence-electron chi connectivity index (χ4n) is 2.07. The molecular formula is C13H15N3O4. The van der Waals surface area contributed by atoms with E-state index in [-0.39, 0.29) is 12.1 Å². The standard InChI is InChI=1S/C13H15N3O4/c1-7-8(11(18)19)4-5-9(14-7)16-6-10(17)15-12(20)13(16,2)3/h4-5H,6H2,1-3H3,(H,18,19)(H,15,17,20). The molecule has 1 aromatic heterocycles. The number of carboxylic acids is 1. The van der Waals surface area contributed by atoms with Crippen LogP contribution in [0.4, 0.5) is 5.82 Å². The van der Waals surface area contributed by atoms with Crippen LogP contribution in [0.3, 0.4) is 0 Å². The normalized spacial score (nSPS) is 17.9. The molecule has 1 saturated heterocycles. The van der Waals surface area contributed by atoms with Gasteiger partial charge in [0.2, 0.25) is 5.91 Å². The minimum Gasteiger partial charge on any atom is -0.478 e. The van der Waals surface area contributed by atoms with Gasteiger partial charge in [-0.2, -0.15) is 0 Å². The summed E-state index contributed by atoms with van der Waals surface area (Å²) in [6.45, 7) is 4.93. The predicted octanol–water partition coefficient (Wildman–Crippen LogP) is 0.330. The van der Waals surface area contributed by atoms with Gasteiger partial charge in [0.1, 0.15) is 11.4 Å². The Bertz CT molecular complexity index is 610. The number of carbonyl (C=O) groups excluding carboxylic acids is 2. The van der Waals surface area contributed by atoms with Crippen LogP contribution in [-0.2, 0) is 9.59 Å². The highest BCUT2D eigenvalue weighted by molar-refractivity contribution is 6.06. The van der Waals surface area contributed by atoms with Crippen LogP contribution in [0.1, 0.15) is 29.9 Å². The SMILES string of the molecule is Cc1nc(N2CC(=O)NC(=O)C2(C)C)ccc1C(=O)O. The third-order valence-electron chi connectivity index (χ3n) is 3.36. The molecule has 2 amide bonds. The molecule has 2 N–H and O–H groups in total. The number of pyridine rings is 1. The van der Waals surface area contributed by atoms with Crippen molar-refractivity contribution >= 4 is 23.6 Å². The summed E-state index contributed by atoms with van der Waals surface area (Å²) in [7, 11) is 0. The van der Waals surface area contributed by atoms with Crippen LogP contribution in [-0.4, -0.2) is 40.0 Å². The number of hydrogen-bond donors (Lipinski definition) is 2. The summed E-state index contributed by atoms with van der Waals surface area (Å²) in [5, 5.41) is 11.3. The summed E-state index contributed by atoms with van der Waals surface area (Å²) >= 11 is 0. The predicted molar refractivity (Wildman–Crippen MR) is 70.5 cm³/mol. The number of piperazine rings is 1. The number of imide groups is 1. The number of aryl methyl sites for hydroxylation is 1. The Morgan fingerprint density at radius 2 is 2.05 bits per heavy atom. The Hall–Kier alpha value is -2.44. The molecule has 7 nitrogen and oxygen atoms in total. The monoisotopic (exact) mass is 277 g/mol. The Labute approximate surface area is 115 Å². The largest absolute Gasteiger partial charge is 0.478 e. The van der Waals surface area contributed by atoms with Crippen LogP contribution in [0.2, 0.25) is 0 Å². The number of aromatic carboxylic acids is 1. The van der Waals surface area contributed by atoms with Crippen LogP contribution >= 0.6 is 0 Å². The molecule has 0 saturated carbocycles. The van der Waals surface area contributed by atoms with E-state index < -0.39 is 23.3 Å². The molecule has 2 heterocycles. The van der Waals surface area contributed by atoms with Gasteiger partial charge >= 0.3 is 5.97 Å². The lowest BCUT2D eigenvalue weighted by Crippen LogP contribution is -2.64. The molecule has 20 heavy (non-hydrogen) atoms. The fraction of sp³-hybridized carbons (Fsp3) is 0.385. The van der Waals surface area contributed by atoms with E-state index >= 15 is 0 Å². The highest BCUT2D eigenvalue weighted by Gasteiger charge is 2.41. The third kappa shape index (κ3) is 2.22. The van der Waals surface area contributed by atoms with Crippen molar-refractivity contribution in [3.05, 3.63) is 23.4 Å². The van der Waals surface area contributed by atoms with Crippen LogP contribution in [0.5, 0.6) is 0 Å². The van der Waals surface area contributed by atoms with Crippen molar-refractivity contribution < 1.29 is 19.5 Å². The van der Waals surface area contributed by atoms with E-state index in [0.717, 1.165) is 0 Å². The Kier molecular flexibility index (Phi) is 3.21. The first kappa shape index (κ1) is 14.0. The van der Waals surface area contributed by atoms with E-state index in [1.165, 1.54) is 12.1 Å². The highest BCUT2D eigenvalue weighted by atomic mass is 16.4. The van der Waals surface area contributed by atoms with Gasteiger partial charge < -0.3 is 10.0 Å². The number of aromatic nitrogens is 1. The van der Waals surface area contributed by atoms with Gasteiger partial charge in [0.15, 0.2) is 0 Å². The molecule has 0 radical (unpaired) electrons. The molecule has 0 spiro atoms. The molecule has 1 aliphatic heterocycles. The topological polar surface area (TPSA) is 99.6 Å². The summed E-state index contributed by atoms with van der Waals surface area (Å²) in [6.07, 6.45) is 0.